The molecular weight excluding hydrogens is 170 g/mol. The Labute approximate surface area is 75.9 Å². The molecule has 70 valence electrons. The Morgan fingerprint density at radius 2 is 2.23 bits per heavy atom. The van der Waals surface area contributed by atoms with Gasteiger partial charge in [-0.05, 0) is 13.0 Å². The first-order chi connectivity index (χ1) is 6.15. The summed E-state index contributed by atoms with van der Waals surface area (Å²) < 4.78 is 4.82. The number of amides is 1. The maximum atomic E-state index is 10.8. The van der Waals surface area contributed by atoms with Crippen molar-refractivity contribution in [2.45, 2.75) is 12.8 Å². The van der Waals surface area contributed by atoms with Crippen LogP contribution in [0, 0.1) is 0 Å². The van der Waals surface area contributed by atoms with E-state index in [4.69, 9.17) is 10.5 Å². The second-order valence-corrected chi connectivity index (χ2v) is 2.62. The predicted molar refractivity (Wildman–Crippen MR) is 46.2 cm³/mol. The third-order valence-electron chi connectivity index (χ3n) is 1.74. The Morgan fingerprint density at radius 3 is 2.62 bits per heavy atom. The molecule has 1 amide bonds. The number of carbonyl (C=O) groups excluding carboxylic acids is 1. The van der Waals surface area contributed by atoms with Crippen LogP contribution in [0.4, 0.5) is 0 Å². The normalized spacial score (nSPS) is 12.2. The van der Waals surface area contributed by atoms with Crippen molar-refractivity contribution in [1.29, 1.82) is 0 Å². The fourth-order valence-corrected chi connectivity index (χ4v) is 0.816. The van der Waals surface area contributed by atoms with Crippen LogP contribution in [-0.4, -0.2) is 23.2 Å². The van der Waals surface area contributed by atoms with E-state index in [2.05, 4.69) is 10.2 Å². The SMILES string of the molecule is COc1ccc(C(C)C(N)=O)nn1. The van der Waals surface area contributed by atoms with Gasteiger partial charge >= 0.3 is 0 Å². The molecule has 1 rings (SSSR count). The molecule has 1 atom stereocenters. The summed E-state index contributed by atoms with van der Waals surface area (Å²) in [6, 6.07) is 3.31. The number of nitrogens with zero attached hydrogens (tertiary/aromatic N) is 2. The predicted octanol–water partition coefficient (Wildman–Crippen LogP) is 0.0740. The molecule has 13 heavy (non-hydrogen) atoms. The van der Waals surface area contributed by atoms with Crippen molar-refractivity contribution in [1.82, 2.24) is 10.2 Å². The van der Waals surface area contributed by atoms with E-state index in [1.807, 2.05) is 0 Å². The molecular formula is C8H11N3O2. The first-order valence-corrected chi connectivity index (χ1v) is 3.82. The van der Waals surface area contributed by atoms with Crippen molar-refractivity contribution in [3.63, 3.8) is 0 Å². The molecule has 5 nitrogen and oxygen atoms in total. The Balaban J connectivity index is 2.85. The number of aromatic nitrogens is 2. The van der Waals surface area contributed by atoms with Gasteiger partial charge in [0, 0.05) is 6.07 Å². The minimum Gasteiger partial charge on any atom is -0.480 e. The van der Waals surface area contributed by atoms with E-state index < -0.39 is 11.8 Å². The number of rotatable bonds is 3. The van der Waals surface area contributed by atoms with Gasteiger partial charge in [0.25, 0.3) is 0 Å². The molecule has 1 aromatic rings. The summed E-state index contributed by atoms with van der Waals surface area (Å²) >= 11 is 0. The monoisotopic (exact) mass is 181 g/mol. The first kappa shape index (κ1) is 9.44. The van der Waals surface area contributed by atoms with E-state index in [1.165, 1.54) is 7.11 Å². The van der Waals surface area contributed by atoms with Crippen LogP contribution in [-0.2, 0) is 4.79 Å². The van der Waals surface area contributed by atoms with E-state index >= 15 is 0 Å². The molecule has 0 radical (unpaired) electrons. The van der Waals surface area contributed by atoms with E-state index in [9.17, 15) is 4.79 Å². The van der Waals surface area contributed by atoms with Gasteiger partial charge in [-0.25, -0.2) is 0 Å². The average molecular weight is 181 g/mol. The summed E-state index contributed by atoms with van der Waals surface area (Å²) in [5.41, 5.74) is 5.65. The van der Waals surface area contributed by atoms with Gasteiger partial charge in [0.2, 0.25) is 11.8 Å². The number of hydrogen-bond donors (Lipinski definition) is 1. The lowest BCUT2D eigenvalue weighted by molar-refractivity contribution is -0.119. The van der Waals surface area contributed by atoms with Gasteiger partial charge in [0.15, 0.2) is 0 Å². The molecule has 0 fully saturated rings. The number of nitrogens with two attached hydrogens (primary N) is 1. The van der Waals surface area contributed by atoms with Gasteiger partial charge in [0.05, 0.1) is 18.7 Å². The second-order valence-electron chi connectivity index (χ2n) is 2.62. The molecule has 0 aliphatic heterocycles. The van der Waals surface area contributed by atoms with Crippen LogP contribution in [0.5, 0.6) is 5.88 Å². The highest BCUT2D eigenvalue weighted by atomic mass is 16.5. The van der Waals surface area contributed by atoms with Crippen LogP contribution in [0.25, 0.3) is 0 Å². The lowest BCUT2D eigenvalue weighted by atomic mass is 10.1. The quantitative estimate of drug-likeness (QED) is 0.715. The minimum atomic E-state index is -0.418. The van der Waals surface area contributed by atoms with Crippen LogP contribution in [0.1, 0.15) is 18.5 Å². The van der Waals surface area contributed by atoms with Crippen molar-refractivity contribution in [3.8, 4) is 5.88 Å². The Morgan fingerprint density at radius 1 is 1.54 bits per heavy atom. The summed E-state index contributed by atoms with van der Waals surface area (Å²) in [5, 5.41) is 7.52. The number of primary amides is 1. The molecule has 0 aliphatic carbocycles. The van der Waals surface area contributed by atoms with Gasteiger partial charge in [-0.2, -0.15) is 5.10 Å². The lowest BCUT2D eigenvalue weighted by Gasteiger charge is -2.05. The summed E-state index contributed by atoms with van der Waals surface area (Å²) in [4.78, 5) is 10.8. The fourth-order valence-electron chi connectivity index (χ4n) is 0.816. The molecule has 0 saturated carbocycles. The van der Waals surface area contributed by atoms with Gasteiger partial charge in [-0.15, -0.1) is 5.10 Å². The van der Waals surface area contributed by atoms with Crippen LogP contribution >= 0.6 is 0 Å². The van der Waals surface area contributed by atoms with Crippen molar-refractivity contribution in [2.75, 3.05) is 7.11 Å². The van der Waals surface area contributed by atoms with Crippen LogP contribution in [0.15, 0.2) is 12.1 Å². The standard InChI is InChI=1S/C8H11N3O2/c1-5(8(9)12)6-3-4-7(13-2)11-10-6/h3-5H,1-2H3,(H2,9,12). The third-order valence-corrected chi connectivity index (χ3v) is 1.74. The summed E-state index contributed by atoms with van der Waals surface area (Å²) in [7, 11) is 1.50. The first-order valence-electron chi connectivity index (χ1n) is 3.82. The van der Waals surface area contributed by atoms with E-state index in [0.29, 0.717) is 11.6 Å². The lowest BCUT2D eigenvalue weighted by Crippen LogP contribution is -2.19. The molecule has 1 aromatic heterocycles. The maximum Gasteiger partial charge on any atom is 0.233 e. The largest absolute Gasteiger partial charge is 0.480 e. The summed E-state index contributed by atoms with van der Waals surface area (Å²) in [5.74, 6) is -0.418. The molecule has 5 heteroatoms. The molecule has 0 aromatic carbocycles. The van der Waals surface area contributed by atoms with Crippen LogP contribution < -0.4 is 10.5 Å². The van der Waals surface area contributed by atoms with Gasteiger partial charge < -0.3 is 10.5 Å². The van der Waals surface area contributed by atoms with Crippen molar-refractivity contribution in [2.24, 2.45) is 5.73 Å². The molecule has 1 unspecified atom stereocenters. The fraction of sp³-hybridized carbons (Fsp3) is 0.375. The van der Waals surface area contributed by atoms with Crippen molar-refractivity contribution in [3.05, 3.63) is 17.8 Å². The van der Waals surface area contributed by atoms with E-state index in [-0.39, 0.29) is 0 Å². The second kappa shape index (κ2) is 3.84. The molecule has 0 bridgehead atoms. The zero-order chi connectivity index (χ0) is 9.84. The molecule has 1 heterocycles. The number of carbonyl (C=O) groups is 1. The number of hydrogen-bond acceptors (Lipinski definition) is 4. The highest BCUT2D eigenvalue weighted by Crippen LogP contribution is 2.12. The zero-order valence-electron chi connectivity index (χ0n) is 7.52. The van der Waals surface area contributed by atoms with Crippen LogP contribution in [0.2, 0.25) is 0 Å². The van der Waals surface area contributed by atoms with Gasteiger partial charge in [0.1, 0.15) is 0 Å². The van der Waals surface area contributed by atoms with Gasteiger partial charge in [-0.1, -0.05) is 0 Å². The summed E-state index contributed by atoms with van der Waals surface area (Å²) in [6.07, 6.45) is 0. The maximum absolute atomic E-state index is 10.8. The zero-order valence-corrected chi connectivity index (χ0v) is 7.52. The minimum absolute atomic E-state index is 0.417. The van der Waals surface area contributed by atoms with Crippen molar-refractivity contribution >= 4 is 5.91 Å². The Kier molecular flexibility index (Phi) is 2.79. The average Bonchev–Trinajstić information content (AvgIpc) is 2.17. The Hall–Kier alpha value is -1.65. The molecule has 2 N–H and O–H groups in total. The number of ether oxygens (including phenoxy) is 1. The van der Waals surface area contributed by atoms with Crippen molar-refractivity contribution < 1.29 is 9.53 Å². The highest BCUT2D eigenvalue weighted by molar-refractivity contribution is 5.80. The topological polar surface area (TPSA) is 78.1 Å². The molecule has 0 spiro atoms. The molecule has 0 saturated heterocycles. The van der Waals surface area contributed by atoms with Gasteiger partial charge in [-0.3, -0.25) is 4.79 Å². The highest BCUT2D eigenvalue weighted by Gasteiger charge is 2.13. The van der Waals surface area contributed by atoms with E-state index in [1.54, 1.807) is 19.1 Å². The molecule has 0 aliphatic rings. The van der Waals surface area contributed by atoms with E-state index in [0.717, 1.165) is 0 Å². The third kappa shape index (κ3) is 2.14. The number of methoxy groups -OCH3 is 1. The Bertz CT molecular complexity index is 297. The summed E-state index contributed by atoms with van der Waals surface area (Å²) in [6.45, 7) is 1.68. The van der Waals surface area contributed by atoms with Crippen LogP contribution in [0.3, 0.4) is 0 Å². The smallest absolute Gasteiger partial charge is 0.233 e.